The number of hydrogen-bond donors (Lipinski definition) is 1. The Morgan fingerprint density at radius 1 is 1.33 bits per heavy atom. The molecule has 0 spiro atoms. The number of aromatic nitrogens is 1. The molecule has 0 radical (unpaired) electrons. The van der Waals surface area contributed by atoms with Gasteiger partial charge in [-0.3, -0.25) is 4.98 Å². The summed E-state index contributed by atoms with van der Waals surface area (Å²) in [5, 5.41) is 0. The highest BCUT2D eigenvalue weighted by atomic mass is 79.9. The van der Waals surface area contributed by atoms with Crippen LogP contribution in [-0.4, -0.2) is 12.0 Å². The van der Waals surface area contributed by atoms with Crippen LogP contribution in [-0.2, 0) is 13.1 Å². The Morgan fingerprint density at radius 3 is 2.83 bits per heavy atom. The van der Waals surface area contributed by atoms with Gasteiger partial charge in [0.1, 0.15) is 0 Å². The van der Waals surface area contributed by atoms with E-state index in [4.69, 9.17) is 5.73 Å². The highest BCUT2D eigenvalue weighted by Crippen LogP contribution is 2.25. The molecule has 0 saturated carbocycles. The average molecular weight is 306 g/mol. The van der Waals surface area contributed by atoms with Gasteiger partial charge in [-0.05, 0) is 29.3 Å². The molecule has 0 fully saturated rings. The third-order valence-corrected chi connectivity index (χ3v) is 3.31. The molecule has 94 valence electrons. The Morgan fingerprint density at radius 2 is 2.17 bits per heavy atom. The molecule has 0 bridgehead atoms. The largest absolute Gasteiger partial charge is 0.370 e. The molecule has 0 atom stereocenters. The molecule has 0 aliphatic rings. The van der Waals surface area contributed by atoms with Crippen molar-refractivity contribution in [3.8, 4) is 0 Å². The number of pyridine rings is 1. The molecular formula is C14H16BrN3. The molecule has 0 aliphatic carbocycles. The van der Waals surface area contributed by atoms with Crippen molar-refractivity contribution in [2.45, 2.75) is 13.1 Å². The Bertz CT molecular complexity index is 514. The number of hydrogen-bond acceptors (Lipinski definition) is 3. The van der Waals surface area contributed by atoms with E-state index >= 15 is 0 Å². The van der Waals surface area contributed by atoms with Gasteiger partial charge in [-0.15, -0.1) is 0 Å². The summed E-state index contributed by atoms with van der Waals surface area (Å²) in [7, 11) is 2.06. The Balaban J connectivity index is 2.23. The molecular weight excluding hydrogens is 290 g/mol. The molecule has 0 unspecified atom stereocenters. The first-order chi connectivity index (χ1) is 8.70. The summed E-state index contributed by atoms with van der Waals surface area (Å²) in [5.74, 6) is 0. The van der Waals surface area contributed by atoms with E-state index in [-0.39, 0.29) is 0 Å². The van der Waals surface area contributed by atoms with Gasteiger partial charge < -0.3 is 10.6 Å². The molecule has 1 heterocycles. The van der Waals surface area contributed by atoms with E-state index in [2.05, 4.69) is 51.1 Å². The first-order valence-corrected chi connectivity index (χ1v) is 6.58. The van der Waals surface area contributed by atoms with Crippen LogP contribution in [0, 0.1) is 0 Å². The van der Waals surface area contributed by atoms with Gasteiger partial charge in [-0.2, -0.15) is 0 Å². The predicted octanol–water partition coefficient (Wildman–Crippen LogP) is 2.94. The van der Waals surface area contributed by atoms with Gasteiger partial charge in [-0.25, -0.2) is 0 Å². The van der Waals surface area contributed by atoms with Crippen molar-refractivity contribution in [2.24, 2.45) is 5.73 Å². The maximum Gasteiger partial charge on any atom is 0.0441 e. The lowest BCUT2D eigenvalue weighted by atomic mass is 10.1. The summed E-state index contributed by atoms with van der Waals surface area (Å²) in [5.41, 5.74) is 9.25. The minimum Gasteiger partial charge on any atom is -0.370 e. The molecule has 2 aromatic rings. The molecule has 2 rings (SSSR count). The van der Waals surface area contributed by atoms with Crippen LogP contribution >= 0.6 is 15.9 Å². The minimum absolute atomic E-state index is 0.542. The van der Waals surface area contributed by atoms with Crippen molar-refractivity contribution in [3.05, 3.63) is 58.3 Å². The van der Waals surface area contributed by atoms with Crippen molar-refractivity contribution in [1.29, 1.82) is 0 Å². The third kappa shape index (κ3) is 3.09. The summed E-state index contributed by atoms with van der Waals surface area (Å²) in [6.07, 6.45) is 3.67. The standard InChI is InChI=1S/C14H16BrN3/c1-18(10-11-3-2-6-17-9-11)14-7-13(15)5-4-12(14)8-16/h2-7,9H,8,10,16H2,1H3. The maximum absolute atomic E-state index is 5.78. The van der Waals surface area contributed by atoms with E-state index in [1.807, 2.05) is 18.3 Å². The molecule has 1 aromatic carbocycles. The Labute approximate surface area is 116 Å². The minimum atomic E-state index is 0.542. The number of benzene rings is 1. The fourth-order valence-corrected chi connectivity index (χ4v) is 2.26. The van der Waals surface area contributed by atoms with Gasteiger partial charge in [0.15, 0.2) is 0 Å². The predicted molar refractivity (Wildman–Crippen MR) is 78.4 cm³/mol. The van der Waals surface area contributed by atoms with E-state index in [0.29, 0.717) is 6.54 Å². The lowest BCUT2D eigenvalue weighted by Gasteiger charge is -2.22. The Hall–Kier alpha value is -1.39. The van der Waals surface area contributed by atoms with Crippen molar-refractivity contribution < 1.29 is 0 Å². The molecule has 4 heteroatoms. The first kappa shape index (κ1) is 13.1. The fraction of sp³-hybridized carbons (Fsp3) is 0.214. The summed E-state index contributed by atoms with van der Waals surface area (Å²) in [6.45, 7) is 1.36. The van der Waals surface area contributed by atoms with Gasteiger partial charge in [0.05, 0.1) is 0 Å². The van der Waals surface area contributed by atoms with Gasteiger partial charge in [-0.1, -0.05) is 28.1 Å². The average Bonchev–Trinajstić information content (AvgIpc) is 2.40. The normalized spacial score (nSPS) is 10.4. The van der Waals surface area contributed by atoms with E-state index < -0.39 is 0 Å². The first-order valence-electron chi connectivity index (χ1n) is 5.79. The zero-order chi connectivity index (χ0) is 13.0. The molecule has 0 amide bonds. The number of nitrogens with zero attached hydrogens (tertiary/aromatic N) is 2. The number of nitrogens with two attached hydrogens (primary N) is 1. The van der Waals surface area contributed by atoms with Crippen molar-refractivity contribution in [2.75, 3.05) is 11.9 Å². The van der Waals surface area contributed by atoms with Gasteiger partial charge in [0.25, 0.3) is 0 Å². The van der Waals surface area contributed by atoms with Crippen molar-refractivity contribution in [3.63, 3.8) is 0 Å². The topological polar surface area (TPSA) is 42.2 Å². The molecule has 0 aliphatic heterocycles. The third-order valence-electron chi connectivity index (χ3n) is 2.82. The summed E-state index contributed by atoms with van der Waals surface area (Å²) < 4.78 is 1.06. The lowest BCUT2D eigenvalue weighted by molar-refractivity contribution is 0.897. The van der Waals surface area contributed by atoms with Crippen LogP contribution in [0.15, 0.2) is 47.2 Å². The second-order valence-electron chi connectivity index (χ2n) is 4.19. The SMILES string of the molecule is CN(Cc1cccnc1)c1cc(Br)ccc1CN. The fourth-order valence-electron chi connectivity index (χ4n) is 1.92. The smallest absolute Gasteiger partial charge is 0.0441 e. The van der Waals surface area contributed by atoms with E-state index in [0.717, 1.165) is 22.3 Å². The van der Waals surface area contributed by atoms with E-state index in [9.17, 15) is 0 Å². The number of anilines is 1. The monoisotopic (exact) mass is 305 g/mol. The Kier molecular flexibility index (Phi) is 4.33. The molecule has 18 heavy (non-hydrogen) atoms. The quantitative estimate of drug-likeness (QED) is 0.944. The molecule has 0 saturated heterocycles. The van der Waals surface area contributed by atoms with Crippen LogP contribution in [0.25, 0.3) is 0 Å². The van der Waals surface area contributed by atoms with Crippen molar-refractivity contribution in [1.82, 2.24) is 4.98 Å². The number of halogens is 1. The summed E-state index contributed by atoms with van der Waals surface area (Å²) >= 11 is 3.50. The van der Waals surface area contributed by atoms with Crippen LogP contribution in [0.4, 0.5) is 5.69 Å². The van der Waals surface area contributed by atoms with Gasteiger partial charge in [0.2, 0.25) is 0 Å². The highest BCUT2D eigenvalue weighted by Gasteiger charge is 2.07. The molecule has 3 nitrogen and oxygen atoms in total. The molecule has 2 N–H and O–H groups in total. The van der Waals surface area contributed by atoms with Crippen LogP contribution in [0.2, 0.25) is 0 Å². The number of rotatable bonds is 4. The van der Waals surface area contributed by atoms with Gasteiger partial charge >= 0.3 is 0 Å². The highest BCUT2D eigenvalue weighted by molar-refractivity contribution is 9.10. The van der Waals surface area contributed by atoms with Crippen LogP contribution in [0.3, 0.4) is 0 Å². The zero-order valence-corrected chi connectivity index (χ0v) is 11.9. The van der Waals surface area contributed by atoms with Crippen LogP contribution < -0.4 is 10.6 Å². The summed E-state index contributed by atoms with van der Waals surface area (Å²) in [4.78, 5) is 6.32. The van der Waals surface area contributed by atoms with Gasteiger partial charge in [0, 0.05) is 42.7 Å². The second-order valence-corrected chi connectivity index (χ2v) is 5.11. The van der Waals surface area contributed by atoms with Crippen molar-refractivity contribution >= 4 is 21.6 Å². The van der Waals surface area contributed by atoms with Crippen LogP contribution in [0.5, 0.6) is 0 Å². The van der Waals surface area contributed by atoms with E-state index in [1.165, 1.54) is 5.56 Å². The molecule has 1 aromatic heterocycles. The van der Waals surface area contributed by atoms with E-state index in [1.54, 1.807) is 6.20 Å². The van der Waals surface area contributed by atoms with Crippen LogP contribution in [0.1, 0.15) is 11.1 Å². The second kappa shape index (κ2) is 5.98. The zero-order valence-electron chi connectivity index (χ0n) is 10.3. The lowest BCUT2D eigenvalue weighted by Crippen LogP contribution is -2.19. The maximum atomic E-state index is 5.78. The summed E-state index contributed by atoms with van der Waals surface area (Å²) in [6, 6.07) is 10.2.